The topological polar surface area (TPSA) is 12.0 Å². The molecule has 1 N–H and O–H groups in total. The number of dihydropyridines is 1. The molecule has 1 aliphatic heterocycles. The lowest BCUT2D eigenvalue weighted by atomic mass is 10.1. The smallest absolute Gasteiger partial charge is 0.0334 e. The highest BCUT2D eigenvalue weighted by atomic mass is 14.8. The van der Waals surface area contributed by atoms with Crippen LogP contribution in [0.1, 0.15) is 0 Å². The summed E-state index contributed by atoms with van der Waals surface area (Å²) in [5, 5.41) is 3.09. The van der Waals surface area contributed by atoms with E-state index in [0.717, 1.165) is 17.7 Å². The van der Waals surface area contributed by atoms with Crippen molar-refractivity contribution in [3.8, 4) is 0 Å². The van der Waals surface area contributed by atoms with Crippen molar-refractivity contribution in [3.63, 3.8) is 0 Å². The molecule has 52 valence electrons. The Balaban J connectivity index is 2.86. The van der Waals surface area contributed by atoms with Gasteiger partial charge in [0.2, 0.25) is 0 Å². The van der Waals surface area contributed by atoms with Gasteiger partial charge in [0, 0.05) is 12.7 Å². The Bertz CT molecular complexity index is 185. The fraction of sp³-hybridized carbons (Fsp3) is 0.111. The maximum absolute atomic E-state index is 3.70. The van der Waals surface area contributed by atoms with Gasteiger partial charge in [0.25, 0.3) is 0 Å². The minimum Gasteiger partial charge on any atom is -0.387 e. The van der Waals surface area contributed by atoms with E-state index in [4.69, 9.17) is 0 Å². The van der Waals surface area contributed by atoms with Crippen LogP contribution in [0.4, 0.5) is 0 Å². The van der Waals surface area contributed by atoms with E-state index in [9.17, 15) is 0 Å². The predicted molar refractivity (Wildman–Crippen MR) is 44.6 cm³/mol. The molecule has 0 unspecified atom stereocenters. The molecule has 0 aromatic heterocycles. The van der Waals surface area contributed by atoms with Gasteiger partial charge in [-0.3, -0.25) is 0 Å². The zero-order chi connectivity index (χ0) is 7.40. The largest absolute Gasteiger partial charge is 0.387 e. The van der Waals surface area contributed by atoms with Gasteiger partial charge >= 0.3 is 0 Å². The van der Waals surface area contributed by atoms with Gasteiger partial charge in [-0.1, -0.05) is 31.4 Å². The number of allylic oxidation sites excluding steroid dienone is 4. The lowest BCUT2D eigenvalue weighted by Gasteiger charge is -2.09. The molecule has 0 amide bonds. The molecule has 0 saturated carbocycles. The first-order chi connectivity index (χ1) is 4.88. The molecule has 1 heteroatoms. The Morgan fingerprint density at radius 2 is 2.00 bits per heavy atom. The zero-order valence-corrected chi connectivity index (χ0v) is 5.93. The Labute approximate surface area is 61.4 Å². The molecule has 0 aromatic carbocycles. The lowest BCUT2D eigenvalue weighted by molar-refractivity contribution is 0.952. The van der Waals surface area contributed by atoms with Crippen LogP contribution in [0.25, 0.3) is 0 Å². The van der Waals surface area contributed by atoms with Gasteiger partial charge in [-0.05, 0) is 11.1 Å². The van der Waals surface area contributed by atoms with Gasteiger partial charge in [0.05, 0.1) is 0 Å². The fourth-order valence-corrected chi connectivity index (χ4v) is 0.917. The molecule has 0 spiro atoms. The second kappa shape index (κ2) is 3.06. The fourth-order valence-electron chi connectivity index (χ4n) is 0.917. The van der Waals surface area contributed by atoms with E-state index >= 15 is 0 Å². The maximum Gasteiger partial charge on any atom is 0.0334 e. The standard InChI is InChI=1S/C9H11N/c1-3-8-5-6-10-7-9(8)4-2/h3-5,7,10H,1-2,6H2. The van der Waals surface area contributed by atoms with E-state index in [-0.39, 0.29) is 0 Å². The molecule has 0 radical (unpaired) electrons. The third-order valence-corrected chi connectivity index (χ3v) is 1.47. The summed E-state index contributed by atoms with van der Waals surface area (Å²) >= 11 is 0. The predicted octanol–water partition coefficient (Wildman–Crippen LogP) is 1.77. The highest BCUT2D eigenvalue weighted by molar-refractivity contribution is 5.46. The van der Waals surface area contributed by atoms with Crippen LogP contribution in [0, 0.1) is 0 Å². The van der Waals surface area contributed by atoms with Crippen LogP contribution in [0.2, 0.25) is 0 Å². The molecular formula is C9H11N. The van der Waals surface area contributed by atoms with E-state index in [1.54, 1.807) is 0 Å². The van der Waals surface area contributed by atoms with Crippen LogP contribution in [0.5, 0.6) is 0 Å². The number of hydrogen-bond donors (Lipinski definition) is 1. The molecule has 1 heterocycles. The SMILES string of the molecule is C=CC1=CCNC=C1C=C. The summed E-state index contributed by atoms with van der Waals surface area (Å²) in [4.78, 5) is 0. The summed E-state index contributed by atoms with van der Waals surface area (Å²) in [6, 6.07) is 0. The number of hydrogen-bond acceptors (Lipinski definition) is 1. The lowest BCUT2D eigenvalue weighted by Crippen LogP contribution is -2.11. The number of rotatable bonds is 2. The zero-order valence-electron chi connectivity index (χ0n) is 5.93. The van der Waals surface area contributed by atoms with Gasteiger partial charge in [-0.25, -0.2) is 0 Å². The van der Waals surface area contributed by atoms with Crippen molar-refractivity contribution in [2.24, 2.45) is 0 Å². The van der Waals surface area contributed by atoms with E-state index in [0.29, 0.717) is 0 Å². The molecular weight excluding hydrogens is 122 g/mol. The van der Waals surface area contributed by atoms with Crippen molar-refractivity contribution < 1.29 is 0 Å². The summed E-state index contributed by atoms with van der Waals surface area (Å²) < 4.78 is 0. The second-order valence-electron chi connectivity index (χ2n) is 2.08. The average Bonchev–Trinajstić information content (AvgIpc) is 2.04. The highest BCUT2D eigenvalue weighted by Gasteiger charge is 1.99. The van der Waals surface area contributed by atoms with Gasteiger partial charge in [-0.2, -0.15) is 0 Å². The molecule has 1 aliphatic rings. The summed E-state index contributed by atoms with van der Waals surface area (Å²) in [7, 11) is 0. The molecule has 0 bridgehead atoms. The van der Waals surface area contributed by atoms with E-state index in [1.165, 1.54) is 0 Å². The summed E-state index contributed by atoms with van der Waals surface area (Å²) in [6.45, 7) is 8.27. The van der Waals surface area contributed by atoms with Crippen LogP contribution in [-0.4, -0.2) is 6.54 Å². The minimum atomic E-state index is 0.888. The second-order valence-corrected chi connectivity index (χ2v) is 2.08. The molecule has 10 heavy (non-hydrogen) atoms. The molecule has 0 saturated heterocycles. The molecule has 0 aliphatic carbocycles. The van der Waals surface area contributed by atoms with E-state index in [1.807, 2.05) is 18.4 Å². The van der Waals surface area contributed by atoms with Crippen LogP contribution in [0.15, 0.2) is 48.7 Å². The first-order valence-electron chi connectivity index (χ1n) is 3.27. The summed E-state index contributed by atoms with van der Waals surface area (Å²) in [5.74, 6) is 0. The van der Waals surface area contributed by atoms with E-state index < -0.39 is 0 Å². The normalized spacial score (nSPS) is 16.4. The molecule has 0 atom stereocenters. The Kier molecular flexibility index (Phi) is 2.11. The highest BCUT2D eigenvalue weighted by Crippen LogP contribution is 2.12. The van der Waals surface area contributed by atoms with Crippen molar-refractivity contribution in [3.05, 3.63) is 48.7 Å². The van der Waals surface area contributed by atoms with Crippen molar-refractivity contribution in [1.82, 2.24) is 5.32 Å². The van der Waals surface area contributed by atoms with Gasteiger partial charge in [0.1, 0.15) is 0 Å². The Hall–Kier alpha value is -1.24. The molecule has 1 nitrogen and oxygen atoms in total. The third kappa shape index (κ3) is 1.18. The first kappa shape index (κ1) is 6.87. The van der Waals surface area contributed by atoms with Crippen LogP contribution in [0.3, 0.4) is 0 Å². The third-order valence-electron chi connectivity index (χ3n) is 1.47. The van der Waals surface area contributed by atoms with Gasteiger partial charge in [-0.15, -0.1) is 0 Å². The Morgan fingerprint density at radius 3 is 2.50 bits per heavy atom. The molecule has 0 aromatic rings. The quantitative estimate of drug-likeness (QED) is 0.605. The monoisotopic (exact) mass is 133 g/mol. The minimum absolute atomic E-state index is 0.888. The number of nitrogens with one attached hydrogen (secondary N) is 1. The molecule has 1 rings (SSSR count). The van der Waals surface area contributed by atoms with Gasteiger partial charge in [0.15, 0.2) is 0 Å². The van der Waals surface area contributed by atoms with Crippen LogP contribution < -0.4 is 5.32 Å². The van der Waals surface area contributed by atoms with Crippen molar-refractivity contribution in [1.29, 1.82) is 0 Å². The Morgan fingerprint density at radius 1 is 1.30 bits per heavy atom. The van der Waals surface area contributed by atoms with Gasteiger partial charge < -0.3 is 5.32 Å². The maximum atomic E-state index is 3.70. The van der Waals surface area contributed by atoms with Crippen molar-refractivity contribution >= 4 is 0 Å². The summed E-state index contributed by atoms with van der Waals surface area (Å²) in [6.07, 6.45) is 7.70. The van der Waals surface area contributed by atoms with Crippen LogP contribution in [-0.2, 0) is 0 Å². The van der Waals surface area contributed by atoms with E-state index in [2.05, 4.69) is 24.6 Å². The van der Waals surface area contributed by atoms with Crippen molar-refractivity contribution in [2.75, 3.05) is 6.54 Å². The van der Waals surface area contributed by atoms with Crippen LogP contribution >= 0.6 is 0 Å². The average molecular weight is 133 g/mol. The van der Waals surface area contributed by atoms with Crippen molar-refractivity contribution in [2.45, 2.75) is 0 Å². The molecule has 0 fully saturated rings. The summed E-state index contributed by atoms with van der Waals surface area (Å²) in [5.41, 5.74) is 2.27. The first-order valence-corrected chi connectivity index (χ1v) is 3.27.